The largest absolute Gasteiger partial charge is 0.462 e. The van der Waals surface area contributed by atoms with Gasteiger partial charge in [-0.2, -0.15) is 0 Å². The Morgan fingerprint density at radius 3 is 2.61 bits per heavy atom. The van der Waals surface area contributed by atoms with Crippen LogP contribution in [0.5, 0.6) is 0 Å². The number of carbonyl (C=O) groups is 3. The zero-order valence-electron chi connectivity index (χ0n) is 16.6. The monoisotopic (exact) mass is 407 g/mol. The van der Waals surface area contributed by atoms with Gasteiger partial charge in [0.1, 0.15) is 5.00 Å². The van der Waals surface area contributed by atoms with Gasteiger partial charge < -0.3 is 15.8 Å². The van der Waals surface area contributed by atoms with E-state index in [1.165, 1.54) is 16.2 Å². The van der Waals surface area contributed by atoms with Gasteiger partial charge in [-0.25, -0.2) is 4.79 Å². The van der Waals surface area contributed by atoms with Crippen LogP contribution in [0, 0.1) is 11.8 Å². The Labute approximate surface area is 169 Å². The lowest BCUT2D eigenvalue weighted by atomic mass is 9.88. The van der Waals surface area contributed by atoms with Gasteiger partial charge in [-0.15, -0.1) is 11.3 Å². The summed E-state index contributed by atoms with van der Waals surface area (Å²) < 4.78 is 5.25. The minimum atomic E-state index is -0.355. The summed E-state index contributed by atoms with van der Waals surface area (Å²) in [5, 5.41) is 3.55. The molecule has 0 aromatic carbocycles. The Bertz CT molecular complexity index is 753. The Kier molecular flexibility index (Phi) is 6.72. The number of anilines is 1. The van der Waals surface area contributed by atoms with Crippen molar-refractivity contribution in [3.63, 3.8) is 0 Å². The fourth-order valence-electron chi connectivity index (χ4n) is 4.00. The molecule has 0 bridgehead atoms. The highest BCUT2D eigenvalue weighted by Crippen LogP contribution is 2.40. The number of amides is 2. The highest BCUT2D eigenvalue weighted by atomic mass is 32.1. The van der Waals surface area contributed by atoms with Crippen molar-refractivity contribution in [3.05, 3.63) is 16.0 Å². The molecule has 1 aliphatic carbocycles. The lowest BCUT2D eigenvalue weighted by molar-refractivity contribution is -0.123. The molecule has 8 heteroatoms. The molecular weight excluding hydrogens is 378 g/mol. The summed E-state index contributed by atoms with van der Waals surface area (Å²) >= 11 is 1.50. The maximum absolute atomic E-state index is 12.6. The number of primary amides is 1. The second kappa shape index (κ2) is 9.05. The first-order valence-electron chi connectivity index (χ1n) is 10.0. The molecule has 1 fully saturated rings. The first kappa shape index (κ1) is 20.8. The topological polar surface area (TPSA) is 102 Å². The van der Waals surface area contributed by atoms with Gasteiger partial charge in [-0.3, -0.25) is 14.5 Å². The summed E-state index contributed by atoms with van der Waals surface area (Å²) in [6.07, 6.45) is 4.18. The third kappa shape index (κ3) is 4.72. The molecule has 28 heavy (non-hydrogen) atoms. The molecule has 1 aromatic heterocycles. The summed E-state index contributed by atoms with van der Waals surface area (Å²) in [5.74, 6) is -0.277. The van der Waals surface area contributed by atoms with Crippen LogP contribution in [0.15, 0.2) is 0 Å². The van der Waals surface area contributed by atoms with Crippen molar-refractivity contribution >= 4 is 34.1 Å². The molecule has 0 saturated carbocycles. The van der Waals surface area contributed by atoms with Gasteiger partial charge in [-0.1, -0.05) is 6.92 Å². The molecule has 1 aliphatic heterocycles. The summed E-state index contributed by atoms with van der Waals surface area (Å²) in [6.45, 7) is 5.89. The lowest BCUT2D eigenvalue weighted by Gasteiger charge is -2.29. The van der Waals surface area contributed by atoms with E-state index >= 15 is 0 Å². The van der Waals surface area contributed by atoms with Crippen molar-refractivity contribution in [1.82, 2.24) is 4.90 Å². The first-order valence-corrected chi connectivity index (χ1v) is 10.8. The zero-order valence-corrected chi connectivity index (χ0v) is 17.4. The van der Waals surface area contributed by atoms with Crippen LogP contribution in [0.2, 0.25) is 0 Å². The minimum Gasteiger partial charge on any atom is -0.462 e. The number of likely N-dealkylation sites (tertiary alicyclic amines) is 1. The molecule has 0 spiro atoms. The number of hydrogen-bond donors (Lipinski definition) is 2. The van der Waals surface area contributed by atoms with E-state index in [9.17, 15) is 14.4 Å². The Morgan fingerprint density at radius 2 is 1.96 bits per heavy atom. The van der Waals surface area contributed by atoms with Crippen LogP contribution in [0.25, 0.3) is 0 Å². The van der Waals surface area contributed by atoms with E-state index in [2.05, 4.69) is 12.2 Å². The third-order valence-corrected chi connectivity index (χ3v) is 6.77. The quantitative estimate of drug-likeness (QED) is 0.704. The number of hydrogen-bond acceptors (Lipinski definition) is 6. The van der Waals surface area contributed by atoms with Crippen LogP contribution in [0.1, 0.15) is 53.9 Å². The van der Waals surface area contributed by atoms with Crippen LogP contribution < -0.4 is 11.1 Å². The number of thiophene rings is 1. The predicted molar refractivity (Wildman–Crippen MR) is 108 cm³/mol. The normalized spacial score (nSPS) is 20.4. The number of carbonyl (C=O) groups excluding carboxylic acids is 3. The van der Waals surface area contributed by atoms with E-state index in [-0.39, 0.29) is 30.2 Å². The second-order valence-corrected chi connectivity index (χ2v) is 8.88. The maximum Gasteiger partial charge on any atom is 0.341 e. The van der Waals surface area contributed by atoms with E-state index in [1.807, 2.05) is 4.90 Å². The highest BCUT2D eigenvalue weighted by molar-refractivity contribution is 7.17. The Hall–Kier alpha value is -1.93. The van der Waals surface area contributed by atoms with E-state index in [0.717, 1.165) is 24.8 Å². The molecule has 7 nitrogen and oxygen atoms in total. The van der Waals surface area contributed by atoms with Crippen LogP contribution in [0.3, 0.4) is 0 Å². The number of nitrogens with zero attached hydrogens (tertiary/aromatic N) is 1. The van der Waals surface area contributed by atoms with Crippen LogP contribution in [-0.2, 0) is 27.2 Å². The van der Waals surface area contributed by atoms with Crippen molar-refractivity contribution < 1.29 is 19.1 Å². The van der Waals surface area contributed by atoms with E-state index in [1.54, 1.807) is 6.92 Å². The van der Waals surface area contributed by atoms with Crippen molar-refractivity contribution in [2.45, 2.75) is 46.0 Å². The molecule has 2 aliphatic rings. The number of ether oxygens (including phenoxy) is 1. The van der Waals surface area contributed by atoms with Gasteiger partial charge >= 0.3 is 5.97 Å². The van der Waals surface area contributed by atoms with Crippen LogP contribution in [-0.4, -0.2) is 48.9 Å². The fraction of sp³-hybridized carbons (Fsp3) is 0.650. The summed E-state index contributed by atoms with van der Waals surface area (Å²) in [5.41, 5.74) is 6.94. The van der Waals surface area contributed by atoms with Gasteiger partial charge in [-0.05, 0) is 63.6 Å². The lowest BCUT2D eigenvalue weighted by Crippen LogP contribution is -2.42. The van der Waals surface area contributed by atoms with Gasteiger partial charge in [0.05, 0.1) is 18.7 Å². The molecule has 0 radical (unpaired) electrons. The van der Waals surface area contributed by atoms with E-state index in [4.69, 9.17) is 10.5 Å². The predicted octanol–water partition coefficient (Wildman–Crippen LogP) is 2.19. The molecule has 1 saturated heterocycles. The van der Waals surface area contributed by atoms with Gasteiger partial charge in [0.15, 0.2) is 0 Å². The van der Waals surface area contributed by atoms with Gasteiger partial charge in [0, 0.05) is 10.8 Å². The number of fused-ring (bicyclic) bond motifs is 1. The fourth-order valence-corrected chi connectivity index (χ4v) is 5.42. The Balaban J connectivity index is 1.68. The molecule has 2 heterocycles. The number of piperidine rings is 1. The average Bonchev–Trinajstić information content (AvgIpc) is 2.98. The molecule has 154 valence electrons. The molecular formula is C20H29N3O4S. The van der Waals surface area contributed by atoms with Gasteiger partial charge in [0.25, 0.3) is 0 Å². The number of nitrogens with two attached hydrogens (primary N) is 1. The average molecular weight is 408 g/mol. The first-order chi connectivity index (χ1) is 13.4. The highest BCUT2D eigenvalue weighted by Gasteiger charge is 2.30. The van der Waals surface area contributed by atoms with Crippen LogP contribution in [0.4, 0.5) is 5.00 Å². The second-order valence-electron chi connectivity index (χ2n) is 7.78. The molecule has 3 rings (SSSR count). The van der Waals surface area contributed by atoms with Crippen molar-refractivity contribution in [2.75, 3.05) is 31.6 Å². The van der Waals surface area contributed by atoms with E-state index < -0.39 is 0 Å². The number of nitrogens with one attached hydrogen (secondary N) is 1. The zero-order chi connectivity index (χ0) is 20.3. The standard InChI is InChI=1S/C20H29N3O4S/c1-3-27-20(26)17-14-5-4-12(2)10-15(14)28-19(17)22-16(24)11-23-8-6-13(7-9-23)18(21)25/h12-13H,3-11H2,1-2H3,(H2,21,25)(H,22,24)/t12-/m1/s1. The third-order valence-electron chi connectivity index (χ3n) is 5.60. The molecule has 1 atom stereocenters. The van der Waals surface area contributed by atoms with Gasteiger partial charge in [0.2, 0.25) is 11.8 Å². The van der Waals surface area contributed by atoms with Crippen molar-refractivity contribution in [3.8, 4) is 0 Å². The summed E-state index contributed by atoms with van der Waals surface area (Å²) in [4.78, 5) is 39.6. The summed E-state index contributed by atoms with van der Waals surface area (Å²) in [6, 6.07) is 0. The minimum absolute atomic E-state index is 0.0965. The summed E-state index contributed by atoms with van der Waals surface area (Å²) in [7, 11) is 0. The molecule has 1 aromatic rings. The number of rotatable bonds is 6. The SMILES string of the molecule is CCOC(=O)c1c(NC(=O)CN2CCC(C(N)=O)CC2)sc2c1CC[C@@H](C)C2. The smallest absolute Gasteiger partial charge is 0.341 e. The number of esters is 1. The van der Waals surface area contributed by atoms with E-state index in [0.29, 0.717) is 49.0 Å². The molecule has 2 amide bonds. The molecule has 3 N–H and O–H groups in total. The maximum atomic E-state index is 12.6. The Morgan fingerprint density at radius 1 is 1.25 bits per heavy atom. The van der Waals surface area contributed by atoms with Crippen molar-refractivity contribution in [2.24, 2.45) is 17.6 Å². The van der Waals surface area contributed by atoms with Crippen LogP contribution >= 0.6 is 11.3 Å². The van der Waals surface area contributed by atoms with Crippen molar-refractivity contribution in [1.29, 1.82) is 0 Å². The molecule has 0 unspecified atom stereocenters.